The number of rotatable bonds is 9. The molecule has 6 nitrogen and oxygen atoms in total. The molecule has 4 saturated carbocycles. The molecule has 47 heavy (non-hydrogen) atoms. The minimum absolute atomic E-state index is 0.0238. The van der Waals surface area contributed by atoms with E-state index in [1.165, 1.54) is 44.9 Å². The standard InChI is InChI=1S/C41H58N2O4/c1-25(2)8-6-9-26(3)33-16-17-34-32-24-37(47-39(45)28-10-7-11-30(43)22-28)36-23-31(46-38(44)27-12-14-29(42)15-13-27)18-20-41(36,5)35(32)19-21-40(33,34)4/h7,10-15,22,25-26,31-37H,6,8-9,16-21,23-24,42-43H2,1-5H3. The van der Waals surface area contributed by atoms with Gasteiger partial charge < -0.3 is 20.9 Å². The lowest BCUT2D eigenvalue weighted by Gasteiger charge is -2.62. The highest BCUT2D eigenvalue weighted by Gasteiger charge is 2.63. The van der Waals surface area contributed by atoms with E-state index >= 15 is 0 Å². The van der Waals surface area contributed by atoms with Crippen molar-refractivity contribution in [1.29, 1.82) is 0 Å². The van der Waals surface area contributed by atoms with Crippen LogP contribution in [0, 0.1) is 52.3 Å². The van der Waals surface area contributed by atoms with E-state index in [9.17, 15) is 9.59 Å². The summed E-state index contributed by atoms with van der Waals surface area (Å²) in [5, 5.41) is 0. The van der Waals surface area contributed by atoms with Crippen LogP contribution in [0.4, 0.5) is 11.4 Å². The maximum Gasteiger partial charge on any atom is 0.338 e. The second kappa shape index (κ2) is 13.5. The lowest BCUT2D eigenvalue weighted by atomic mass is 9.43. The molecule has 0 aliphatic heterocycles. The molecule has 4 fully saturated rings. The molecule has 2 aromatic carbocycles. The first-order valence-electron chi connectivity index (χ1n) is 18.5. The van der Waals surface area contributed by atoms with Gasteiger partial charge in [-0.3, -0.25) is 0 Å². The van der Waals surface area contributed by atoms with Crippen molar-refractivity contribution in [2.75, 3.05) is 11.5 Å². The fraction of sp³-hybridized carbons (Fsp3) is 0.659. The molecule has 6 rings (SSSR count). The molecule has 4 aliphatic carbocycles. The fourth-order valence-electron chi connectivity index (χ4n) is 11.2. The molecule has 0 amide bonds. The molecular formula is C41H58N2O4. The average Bonchev–Trinajstić information content (AvgIpc) is 3.39. The van der Waals surface area contributed by atoms with Gasteiger partial charge in [-0.25, -0.2) is 9.59 Å². The van der Waals surface area contributed by atoms with Gasteiger partial charge in [0, 0.05) is 17.3 Å². The second-order valence-corrected chi connectivity index (χ2v) is 16.7. The number of fused-ring (bicyclic) bond motifs is 5. The molecular weight excluding hydrogens is 584 g/mol. The highest BCUT2D eigenvalue weighted by molar-refractivity contribution is 5.90. The van der Waals surface area contributed by atoms with Gasteiger partial charge >= 0.3 is 11.9 Å². The van der Waals surface area contributed by atoms with Crippen molar-refractivity contribution in [2.24, 2.45) is 52.3 Å². The van der Waals surface area contributed by atoms with Crippen LogP contribution in [-0.4, -0.2) is 24.1 Å². The van der Waals surface area contributed by atoms with E-state index in [4.69, 9.17) is 20.9 Å². The zero-order valence-electron chi connectivity index (χ0n) is 29.4. The zero-order chi connectivity index (χ0) is 33.5. The van der Waals surface area contributed by atoms with Gasteiger partial charge in [0.15, 0.2) is 0 Å². The lowest BCUT2D eigenvalue weighted by Crippen LogP contribution is -2.59. The SMILES string of the molecule is CC(C)CCCC(C)C1CCC2C3CC(OC(=O)c4cccc(N)c4)C4CC(OC(=O)c5ccc(N)cc5)CCC4(C)C3CCC12C. The van der Waals surface area contributed by atoms with Crippen molar-refractivity contribution in [3.05, 3.63) is 59.7 Å². The number of ether oxygens (including phenoxy) is 2. The van der Waals surface area contributed by atoms with Crippen molar-refractivity contribution >= 4 is 23.3 Å². The van der Waals surface area contributed by atoms with Crippen LogP contribution in [-0.2, 0) is 9.47 Å². The van der Waals surface area contributed by atoms with Gasteiger partial charge in [0.2, 0.25) is 0 Å². The van der Waals surface area contributed by atoms with Crippen LogP contribution in [0.15, 0.2) is 48.5 Å². The summed E-state index contributed by atoms with van der Waals surface area (Å²) in [5.41, 5.74) is 14.5. The first kappa shape index (κ1) is 33.9. The number of hydrogen-bond acceptors (Lipinski definition) is 6. The fourth-order valence-corrected chi connectivity index (χ4v) is 11.2. The van der Waals surface area contributed by atoms with Crippen molar-refractivity contribution in [3.8, 4) is 0 Å². The normalized spacial score (nSPS) is 35.3. The molecule has 10 atom stereocenters. The monoisotopic (exact) mass is 642 g/mol. The van der Waals surface area contributed by atoms with Crippen molar-refractivity contribution in [2.45, 2.75) is 117 Å². The van der Waals surface area contributed by atoms with Crippen LogP contribution in [0.3, 0.4) is 0 Å². The van der Waals surface area contributed by atoms with Crippen LogP contribution in [0.5, 0.6) is 0 Å². The van der Waals surface area contributed by atoms with Gasteiger partial charge in [0.1, 0.15) is 12.2 Å². The van der Waals surface area contributed by atoms with Crippen molar-refractivity contribution < 1.29 is 19.1 Å². The molecule has 0 heterocycles. The number of carbonyl (C=O) groups excluding carboxylic acids is 2. The van der Waals surface area contributed by atoms with Gasteiger partial charge in [0.05, 0.1) is 11.1 Å². The summed E-state index contributed by atoms with van der Waals surface area (Å²) in [4.78, 5) is 26.8. The molecule has 6 heteroatoms. The maximum atomic E-state index is 13.7. The Balaban J connectivity index is 1.24. The summed E-state index contributed by atoms with van der Waals surface area (Å²) >= 11 is 0. The Bertz CT molecular complexity index is 1420. The summed E-state index contributed by atoms with van der Waals surface area (Å²) in [6.45, 7) is 12.3. The third kappa shape index (κ3) is 6.68. The first-order valence-corrected chi connectivity index (χ1v) is 18.5. The van der Waals surface area contributed by atoms with Crippen molar-refractivity contribution in [3.63, 3.8) is 0 Å². The maximum absolute atomic E-state index is 13.7. The predicted molar refractivity (Wildman–Crippen MR) is 189 cm³/mol. The van der Waals surface area contributed by atoms with Gasteiger partial charge in [-0.2, -0.15) is 0 Å². The average molecular weight is 643 g/mol. The van der Waals surface area contributed by atoms with E-state index in [0.29, 0.717) is 52.1 Å². The first-order chi connectivity index (χ1) is 22.4. The summed E-state index contributed by atoms with van der Waals surface area (Å²) in [6.07, 6.45) is 12.1. The van der Waals surface area contributed by atoms with E-state index in [-0.39, 0.29) is 35.5 Å². The third-order valence-corrected chi connectivity index (χ3v) is 13.6. The summed E-state index contributed by atoms with van der Waals surface area (Å²) < 4.78 is 12.7. The molecule has 0 aromatic heterocycles. The Kier molecular flexibility index (Phi) is 9.71. The van der Waals surface area contributed by atoms with E-state index in [1.54, 1.807) is 42.5 Å². The van der Waals surface area contributed by atoms with Crippen LogP contribution in [0.1, 0.15) is 126 Å². The van der Waals surface area contributed by atoms with E-state index in [0.717, 1.165) is 37.0 Å². The van der Waals surface area contributed by atoms with Crippen LogP contribution >= 0.6 is 0 Å². The number of esters is 2. The second-order valence-electron chi connectivity index (χ2n) is 16.7. The third-order valence-electron chi connectivity index (χ3n) is 13.6. The van der Waals surface area contributed by atoms with Gasteiger partial charge in [-0.15, -0.1) is 0 Å². The topological polar surface area (TPSA) is 105 Å². The minimum Gasteiger partial charge on any atom is -0.459 e. The summed E-state index contributed by atoms with van der Waals surface area (Å²) in [6, 6.07) is 14.0. The molecule has 0 saturated heterocycles. The van der Waals surface area contributed by atoms with Gasteiger partial charge in [0.25, 0.3) is 0 Å². The quantitative estimate of drug-likeness (QED) is 0.209. The van der Waals surface area contributed by atoms with Crippen LogP contribution in [0.25, 0.3) is 0 Å². The van der Waals surface area contributed by atoms with E-state index in [1.807, 2.05) is 6.07 Å². The van der Waals surface area contributed by atoms with Crippen LogP contribution < -0.4 is 11.5 Å². The number of nitrogens with two attached hydrogens (primary N) is 2. The molecule has 0 bridgehead atoms. The number of nitrogen functional groups attached to an aromatic ring is 2. The van der Waals surface area contributed by atoms with Crippen LogP contribution in [0.2, 0.25) is 0 Å². The smallest absolute Gasteiger partial charge is 0.338 e. The predicted octanol–water partition coefficient (Wildman–Crippen LogP) is 9.33. The molecule has 256 valence electrons. The van der Waals surface area contributed by atoms with Gasteiger partial charge in [-0.05, 0) is 140 Å². The molecule has 4 N–H and O–H groups in total. The Morgan fingerprint density at radius 2 is 1.47 bits per heavy atom. The van der Waals surface area contributed by atoms with E-state index in [2.05, 4.69) is 34.6 Å². The lowest BCUT2D eigenvalue weighted by molar-refractivity contribution is -0.174. The molecule has 4 aliphatic rings. The summed E-state index contributed by atoms with van der Waals surface area (Å²) in [7, 11) is 0. The molecule has 0 radical (unpaired) electrons. The largest absolute Gasteiger partial charge is 0.459 e. The number of carbonyl (C=O) groups is 2. The highest BCUT2D eigenvalue weighted by Crippen LogP contribution is 2.69. The molecule has 0 spiro atoms. The molecule has 2 aromatic rings. The van der Waals surface area contributed by atoms with Crippen molar-refractivity contribution in [1.82, 2.24) is 0 Å². The Morgan fingerprint density at radius 3 is 2.19 bits per heavy atom. The Hall–Kier alpha value is -3.02. The number of hydrogen-bond donors (Lipinski definition) is 2. The minimum atomic E-state index is -0.312. The Labute approximate surface area is 282 Å². The summed E-state index contributed by atoms with van der Waals surface area (Å²) in [5.74, 6) is 3.59. The number of benzene rings is 2. The molecule has 10 unspecified atom stereocenters. The zero-order valence-corrected chi connectivity index (χ0v) is 29.4. The highest BCUT2D eigenvalue weighted by atomic mass is 16.6. The van der Waals surface area contributed by atoms with Gasteiger partial charge in [-0.1, -0.05) is 59.9 Å². The van der Waals surface area contributed by atoms with E-state index < -0.39 is 0 Å². The Morgan fingerprint density at radius 1 is 0.766 bits per heavy atom. The number of anilines is 2.